The lowest BCUT2D eigenvalue weighted by molar-refractivity contribution is 0.0913. The van der Waals surface area contributed by atoms with Crippen LogP contribution in [0.2, 0.25) is 18.1 Å². The van der Waals surface area contributed by atoms with E-state index in [4.69, 9.17) is 4.43 Å². The van der Waals surface area contributed by atoms with Crippen molar-refractivity contribution in [3.05, 3.63) is 71.3 Å². The van der Waals surface area contributed by atoms with Crippen LogP contribution in [-0.4, -0.2) is 20.8 Å². The molecular formula is C21H27F2NO2Si. The van der Waals surface area contributed by atoms with Gasteiger partial charge in [-0.1, -0.05) is 57.2 Å². The minimum Gasteiger partial charge on any atom is -0.408 e. The van der Waals surface area contributed by atoms with E-state index in [1.54, 1.807) is 0 Å². The molecule has 0 aliphatic rings. The predicted octanol–water partition coefficient (Wildman–Crippen LogP) is 5.46. The van der Waals surface area contributed by atoms with Crippen molar-refractivity contribution >= 4 is 14.2 Å². The number of benzene rings is 2. The summed E-state index contributed by atoms with van der Waals surface area (Å²) in [5.74, 6) is -2.55. The number of hydrogen-bond donors (Lipinski definition) is 1. The summed E-state index contributed by atoms with van der Waals surface area (Å²) >= 11 is 0. The van der Waals surface area contributed by atoms with Gasteiger partial charge in [0.15, 0.2) is 8.32 Å². The van der Waals surface area contributed by atoms with E-state index in [0.717, 1.165) is 17.7 Å². The van der Waals surface area contributed by atoms with Crippen molar-refractivity contribution in [2.75, 3.05) is 6.54 Å². The molecule has 2 aromatic carbocycles. The number of carbonyl (C=O) groups is 1. The first-order chi connectivity index (χ1) is 12.5. The topological polar surface area (TPSA) is 38.3 Å². The number of nitrogens with one attached hydrogen (secondary N) is 1. The Morgan fingerprint density at radius 1 is 1.04 bits per heavy atom. The van der Waals surface area contributed by atoms with Crippen molar-refractivity contribution < 1.29 is 18.0 Å². The molecule has 0 aliphatic carbocycles. The zero-order chi connectivity index (χ0) is 20.2. The van der Waals surface area contributed by atoms with Crippen molar-refractivity contribution in [1.82, 2.24) is 5.32 Å². The van der Waals surface area contributed by atoms with Crippen molar-refractivity contribution in [3.8, 4) is 0 Å². The minimum atomic E-state index is -2.12. The monoisotopic (exact) mass is 391 g/mol. The minimum absolute atomic E-state index is 0.0122. The highest BCUT2D eigenvalue weighted by Crippen LogP contribution is 2.39. The fourth-order valence-corrected chi connectivity index (χ4v) is 3.70. The largest absolute Gasteiger partial charge is 0.408 e. The highest BCUT2D eigenvalue weighted by Gasteiger charge is 2.39. The van der Waals surface area contributed by atoms with E-state index >= 15 is 0 Å². The van der Waals surface area contributed by atoms with Gasteiger partial charge in [0.05, 0.1) is 6.10 Å². The summed E-state index contributed by atoms with van der Waals surface area (Å²) in [6.45, 7) is 10.8. The van der Waals surface area contributed by atoms with E-state index in [2.05, 4.69) is 39.2 Å². The first-order valence-corrected chi connectivity index (χ1v) is 11.9. The number of carbonyl (C=O) groups excluding carboxylic acids is 1. The number of amides is 1. The molecule has 0 aromatic heterocycles. The fourth-order valence-electron chi connectivity index (χ4n) is 2.42. The standard InChI is InChI=1S/C21H27F2NO2Si/c1-21(2,3)27(4,5)26-18(15-10-7-6-8-11-15)14-24-20(25)19-16(22)12-9-13-17(19)23/h6-13,18H,14H2,1-5H3,(H,24,25). The first kappa shape index (κ1) is 21.2. The fraction of sp³-hybridized carbons (Fsp3) is 0.381. The normalized spacial score (nSPS) is 13.3. The Labute approximate surface area is 160 Å². The average Bonchev–Trinajstić information content (AvgIpc) is 2.58. The molecule has 1 unspecified atom stereocenters. The lowest BCUT2D eigenvalue weighted by atomic mass is 10.1. The molecule has 2 aromatic rings. The molecule has 0 spiro atoms. The maximum Gasteiger partial charge on any atom is 0.257 e. The van der Waals surface area contributed by atoms with Crippen LogP contribution in [0.25, 0.3) is 0 Å². The molecule has 0 saturated carbocycles. The molecule has 1 atom stereocenters. The number of rotatable bonds is 6. The van der Waals surface area contributed by atoms with Crippen LogP contribution in [0.1, 0.15) is 42.8 Å². The molecule has 0 saturated heterocycles. The lowest BCUT2D eigenvalue weighted by Crippen LogP contribution is -2.44. The second-order valence-electron chi connectivity index (χ2n) is 8.08. The number of halogens is 2. The van der Waals surface area contributed by atoms with Gasteiger partial charge in [-0.15, -0.1) is 0 Å². The van der Waals surface area contributed by atoms with Crippen molar-refractivity contribution in [2.45, 2.75) is 45.0 Å². The van der Waals surface area contributed by atoms with E-state index in [1.807, 2.05) is 30.3 Å². The second-order valence-corrected chi connectivity index (χ2v) is 12.8. The summed E-state index contributed by atoms with van der Waals surface area (Å²) in [6, 6.07) is 12.9. The summed E-state index contributed by atoms with van der Waals surface area (Å²) in [6.07, 6.45) is -0.397. The highest BCUT2D eigenvalue weighted by molar-refractivity contribution is 6.74. The van der Waals surface area contributed by atoms with Gasteiger partial charge in [-0.2, -0.15) is 0 Å². The molecule has 146 valence electrons. The maximum atomic E-state index is 13.9. The highest BCUT2D eigenvalue weighted by atomic mass is 28.4. The smallest absolute Gasteiger partial charge is 0.257 e. The van der Waals surface area contributed by atoms with Gasteiger partial charge < -0.3 is 9.74 Å². The van der Waals surface area contributed by atoms with Gasteiger partial charge in [0, 0.05) is 6.54 Å². The van der Waals surface area contributed by atoms with Crippen molar-refractivity contribution in [1.29, 1.82) is 0 Å². The van der Waals surface area contributed by atoms with Crippen LogP contribution < -0.4 is 5.32 Å². The van der Waals surface area contributed by atoms with Crippen molar-refractivity contribution in [3.63, 3.8) is 0 Å². The van der Waals surface area contributed by atoms with E-state index < -0.39 is 37.5 Å². The zero-order valence-corrected chi connectivity index (χ0v) is 17.5. The third-order valence-electron chi connectivity index (χ3n) is 5.05. The van der Waals surface area contributed by atoms with E-state index in [0.29, 0.717) is 0 Å². The summed E-state index contributed by atoms with van der Waals surface area (Å²) < 4.78 is 34.2. The zero-order valence-electron chi connectivity index (χ0n) is 16.5. The molecule has 1 N–H and O–H groups in total. The van der Waals surface area contributed by atoms with Gasteiger partial charge >= 0.3 is 0 Å². The van der Waals surface area contributed by atoms with Gasteiger partial charge in [-0.05, 0) is 35.8 Å². The van der Waals surface area contributed by atoms with Crippen molar-refractivity contribution in [2.24, 2.45) is 0 Å². The SMILES string of the molecule is CC(C)(C)[Si](C)(C)OC(CNC(=O)c1c(F)cccc1F)c1ccccc1. The Kier molecular flexibility index (Phi) is 6.54. The second kappa shape index (κ2) is 8.31. The quantitative estimate of drug-likeness (QED) is 0.664. The summed E-state index contributed by atoms with van der Waals surface area (Å²) in [5.41, 5.74) is 0.341. The molecular weight excluding hydrogens is 364 g/mol. The lowest BCUT2D eigenvalue weighted by Gasteiger charge is -2.39. The summed E-state index contributed by atoms with van der Waals surface area (Å²) in [5, 5.41) is 2.62. The van der Waals surface area contributed by atoms with Crippen LogP contribution >= 0.6 is 0 Å². The van der Waals surface area contributed by atoms with Crippen LogP contribution in [-0.2, 0) is 4.43 Å². The van der Waals surface area contributed by atoms with E-state index in [9.17, 15) is 13.6 Å². The Hall–Kier alpha value is -2.05. The van der Waals surface area contributed by atoms with Crippen LogP contribution in [0.5, 0.6) is 0 Å². The molecule has 0 fully saturated rings. The summed E-state index contributed by atoms with van der Waals surface area (Å²) in [7, 11) is -2.12. The Morgan fingerprint density at radius 3 is 2.11 bits per heavy atom. The van der Waals surface area contributed by atoms with E-state index in [1.165, 1.54) is 6.07 Å². The molecule has 3 nitrogen and oxygen atoms in total. The van der Waals surface area contributed by atoms with Crippen LogP contribution in [0.4, 0.5) is 8.78 Å². The van der Waals surface area contributed by atoms with Crippen LogP contribution in [0.3, 0.4) is 0 Å². The third kappa shape index (κ3) is 5.23. The number of hydrogen-bond acceptors (Lipinski definition) is 2. The van der Waals surface area contributed by atoms with Gasteiger partial charge in [-0.25, -0.2) is 8.78 Å². The van der Waals surface area contributed by atoms with Crippen LogP contribution in [0, 0.1) is 11.6 Å². The molecule has 27 heavy (non-hydrogen) atoms. The van der Waals surface area contributed by atoms with Gasteiger partial charge in [-0.3, -0.25) is 4.79 Å². The molecule has 1 amide bonds. The molecule has 0 bridgehead atoms. The van der Waals surface area contributed by atoms with Gasteiger partial charge in [0.2, 0.25) is 0 Å². The Bertz CT molecular complexity index is 768. The van der Waals surface area contributed by atoms with E-state index in [-0.39, 0.29) is 11.6 Å². The average molecular weight is 392 g/mol. The molecule has 6 heteroatoms. The van der Waals surface area contributed by atoms with Gasteiger partial charge in [0.1, 0.15) is 17.2 Å². The summed E-state index contributed by atoms with van der Waals surface area (Å²) in [4.78, 5) is 12.3. The maximum absolute atomic E-state index is 13.9. The third-order valence-corrected chi connectivity index (χ3v) is 9.54. The first-order valence-electron chi connectivity index (χ1n) is 8.98. The predicted molar refractivity (Wildman–Crippen MR) is 106 cm³/mol. The van der Waals surface area contributed by atoms with Crippen LogP contribution in [0.15, 0.2) is 48.5 Å². The Balaban J connectivity index is 2.22. The molecule has 0 aliphatic heterocycles. The molecule has 0 heterocycles. The molecule has 2 rings (SSSR count). The van der Waals surface area contributed by atoms with Gasteiger partial charge in [0.25, 0.3) is 5.91 Å². The molecule has 0 radical (unpaired) electrons. The Morgan fingerprint density at radius 2 is 1.59 bits per heavy atom.